The van der Waals surface area contributed by atoms with E-state index in [-0.39, 0.29) is 11.6 Å². The van der Waals surface area contributed by atoms with Crippen molar-refractivity contribution in [3.05, 3.63) is 76.0 Å². The molecule has 1 aromatic carbocycles. The van der Waals surface area contributed by atoms with Crippen LogP contribution in [-0.2, 0) is 0 Å². The number of anilines is 3. The third kappa shape index (κ3) is 4.74. The molecular weight excluding hydrogens is 398 g/mol. The maximum Gasteiger partial charge on any atom is 0.269 e. The SMILES string of the molecule is Cc1cccc(Nc2ccc(N3CCN(C(=O)c4ccc([N+](=O)[O-])cc4)CC3)nn2)n1. The molecule has 2 aromatic heterocycles. The number of nitro benzene ring substituents is 1. The molecule has 0 radical (unpaired) electrons. The highest BCUT2D eigenvalue weighted by Crippen LogP contribution is 2.18. The van der Waals surface area contributed by atoms with Crippen LogP contribution in [0, 0.1) is 17.0 Å². The number of benzene rings is 1. The molecule has 3 heterocycles. The zero-order chi connectivity index (χ0) is 21.8. The van der Waals surface area contributed by atoms with Crippen LogP contribution < -0.4 is 10.2 Å². The summed E-state index contributed by atoms with van der Waals surface area (Å²) in [5.74, 6) is 1.92. The highest BCUT2D eigenvalue weighted by molar-refractivity contribution is 5.94. The number of hydrogen-bond donors (Lipinski definition) is 1. The number of amides is 1. The predicted octanol–water partition coefficient (Wildman–Crippen LogP) is 2.79. The van der Waals surface area contributed by atoms with E-state index in [0.29, 0.717) is 43.4 Å². The van der Waals surface area contributed by atoms with E-state index in [1.54, 1.807) is 4.90 Å². The van der Waals surface area contributed by atoms with Gasteiger partial charge in [-0.1, -0.05) is 6.07 Å². The molecule has 0 bridgehead atoms. The summed E-state index contributed by atoms with van der Waals surface area (Å²) in [5.41, 5.74) is 1.32. The van der Waals surface area contributed by atoms with Crippen LogP contribution in [0.25, 0.3) is 0 Å². The second-order valence-corrected chi connectivity index (χ2v) is 7.15. The van der Waals surface area contributed by atoms with E-state index in [2.05, 4.69) is 25.4 Å². The quantitative estimate of drug-likeness (QED) is 0.496. The molecule has 31 heavy (non-hydrogen) atoms. The lowest BCUT2D eigenvalue weighted by Gasteiger charge is -2.35. The van der Waals surface area contributed by atoms with Crippen molar-refractivity contribution in [2.45, 2.75) is 6.92 Å². The first kappa shape index (κ1) is 20.2. The Morgan fingerprint density at radius 3 is 2.32 bits per heavy atom. The van der Waals surface area contributed by atoms with Crippen molar-refractivity contribution in [2.24, 2.45) is 0 Å². The number of nitro groups is 1. The summed E-state index contributed by atoms with van der Waals surface area (Å²) in [7, 11) is 0. The lowest BCUT2D eigenvalue weighted by molar-refractivity contribution is -0.384. The van der Waals surface area contributed by atoms with Gasteiger partial charge in [-0.2, -0.15) is 0 Å². The maximum absolute atomic E-state index is 12.7. The van der Waals surface area contributed by atoms with Crippen molar-refractivity contribution < 1.29 is 9.72 Å². The largest absolute Gasteiger partial charge is 0.352 e. The predicted molar refractivity (Wildman–Crippen MR) is 116 cm³/mol. The van der Waals surface area contributed by atoms with Gasteiger partial charge in [0.25, 0.3) is 11.6 Å². The molecule has 1 aliphatic heterocycles. The van der Waals surface area contributed by atoms with Crippen molar-refractivity contribution in [3.63, 3.8) is 0 Å². The van der Waals surface area contributed by atoms with Gasteiger partial charge in [0.15, 0.2) is 11.6 Å². The Kier molecular flexibility index (Phi) is 5.69. The fourth-order valence-corrected chi connectivity index (χ4v) is 3.35. The van der Waals surface area contributed by atoms with Crippen LogP contribution in [0.5, 0.6) is 0 Å². The lowest BCUT2D eigenvalue weighted by Crippen LogP contribution is -2.49. The van der Waals surface area contributed by atoms with Crippen LogP contribution >= 0.6 is 0 Å². The molecule has 158 valence electrons. The Morgan fingerprint density at radius 2 is 1.71 bits per heavy atom. The summed E-state index contributed by atoms with van der Waals surface area (Å²) < 4.78 is 0. The van der Waals surface area contributed by atoms with Crippen LogP contribution in [-0.4, -0.2) is 57.1 Å². The van der Waals surface area contributed by atoms with Gasteiger partial charge >= 0.3 is 0 Å². The summed E-state index contributed by atoms with van der Waals surface area (Å²) in [6.45, 7) is 4.24. The molecule has 3 aromatic rings. The second kappa shape index (κ2) is 8.74. The summed E-state index contributed by atoms with van der Waals surface area (Å²) in [5, 5.41) is 22.4. The Hall–Kier alpha value is -4.08. The van der Waals surface area contributed by atoms with E-state index in [9.17, 15) is 14.9 Å². The van der Waals surface area contributed by atoms with Crippen LogP contribution in [0.15, 0.2) is 54.6 Å². The molecule has 0 aliphatic carbocycles. The number of carbonyl (C=O) groups is 1. The van der Waals surface area contributed by atoms with Crippen molar-refractivity contribution in [1.29, 1.82) is 0 Å². The van der Waals surface area contributed by atoms with Crippen LogP contribution in [0.4, 0.5) is 23.1 Å². The van der Waals surface area contributed by atoms with Crippen LogP contribution in [0.1, 0.15) is 16.1 Å². The first-order chi connectivity index (χ1) is 15.0. The first-order valence-electron chi connectivity index (χ1n) is 9.83. The average Bonchev–Trinajstić information content (AvgIpc) is 2.79. The van der Waals surface area contributed by atoms with Gasteiger partial charge in [0.05, 0.1) is 4.92 Å². The molecule has 1 fully saturated rings. The van der Waals surface area contributed by atoms with Gasteiger partial charge in [-0.3, -0.25) is 14.9 Å². The Bertz CT molecular complexity index is 1080. The summed E-state index contributed by atoms with van der Waals surface area (Å²) >= 11 is 0. The highest BCUT2D eigenvalue weighted by atomic mass is 16.6. The smallest absolute Gasteiger partial charge is 0.269 e. The zero-order valence-corrected chi connectivity index (χ0v) is 16.9. The zero-order valence-electron chi connectivity index (χ0n) is 16.9. The standard InChI is InChI=1S/C21H21N7O3/c1-15-3-2-4-18(22-15)23-19-9-10-20(25-24-19)26-11-13-27(14-12-26)21(29)16-5-7-17(8-6-16)28(30)31/h2-10H,11-14H2,1H3,(H,22,23,24). The van der Waals surface area contributed by atoms with Gasteiger partial charge in [-0.25, -0.2) is 4.98 Å². The van der Waals surface area contributed by atoms with E-state index < -0.39 is 4.92 Å². The molecule has 1 amide bonds. The molecule has 10 heteroatoms. The minimum Gasteiger partial charge on any atom is -0.352 e. The second-order valence-electron chi connectivity index (χ2n) is 7.15. The van der Waals surface area contributed by atoms with Gasteiger partial charge in [-0.05, 0) is 43.3 Å². The Morgan fingerprint density at radius 1 is 0.968 bits per heavy atom. The number of nitrogens with zero attached hydrogens (tertiary/aromatic N) is 6. The molecule has 0 saturated carbocycles. The van der Waals surface area contributed by atoms with E-state index in [1.807, 2.05) is 37.3 Å². The topological polar surface area (TPSA) is 117 Å². The van der Waals surface area contributed by atoms with Gasteiger partial charge < -0.3 is 15.1 Å². The van der Waals surface area contributed by atoms with Crippen LogP contribution in [0.2, 0.25) is 0 Å². The van der Waals surface area contributed by atoms with Gasteiger partial charge in [0.2, 0.25) is 0 Å². The minimum atomic E-state index is -0.480. The molecular formula is C21H21N7O3. The van der Waals surface area contributed by atoms with Gasteiger partial charge in [0, 0.05) is 49.6 Å². The molecule has 1 N–H and O–H groups in total. The van der Waals surface area contributed by atoms with Crippen molar-refractivity contribution in [3.8, 4) is 0 Å². The van der Waals surface area contributed by atoms with E-state index >= 15 is 0 Å². The number of non-ortho nitro benzene ring substituents is 1. The lowest BCUT2D eigenvalue weighted by atomic mass is 10.1. The molecule has 0 atom stereocenters. The first-order valence-corrected chi connectivity index (χ1v) is 9.83. The molecule has 10 nitrogen and oxygen atoms in total. The molecule has 1 saturated heterocycles. The number of carbonyl (C=O) groups excluding carboxylic acids is 1. The molecule has 1 aliphatic rings. The van der Waals surface area contributed by atoms with E-state index in [1.165, 1.54) is 24.3 Å². The molecule has 0 spiro atoms. The number of pyridine rings is 1. The monoisotopic (exact) mass is 419 g/mol. The summed E-state index contributed by atoms with van der Waals surface area (Å²) in [4.78, 5) is 31.1. The van der Waals surface area contributed by atoms with Crippen LogP contribution in [0.3, 0.4) is 0 Å². The number of aryl methyl sites for hydroxylation is 1. The Labute approximate surface area is 178 Å². The number of hydrogen-bond acceptors (Lipinski definition) is 8. The highest BCUT2D eigenvalue weighted by Gasteiger charge is 2.23. The maximum atomic E-state index is 12.7. The van der Waals surface area contributed by atoms with Gasteiger partial charge in [-0.15, -0.1) is 10.2 Å². The number of rotatable bonds is 5. The molecule has 4 rings (SSSR count). The van der Waals surface area contributed by atoms with E-state index in [4.69, 9.17) is 0 Å². The number of nitrogens with one attached hydrogen (secondary N) is 1. The summed E-state index contributed by atoms with van der Waals surface area (Å²) in [6.07, 6.45) is 0. The number of aromatic nitrogens is 3. The van der Waals surface area contributed by atoms with Crippen molar-refractivity contribution >= 4 is 29.0 Å². The summed E-state index contributed by atoms with van der Waals surface area (Å²) in [6, 6.07) is 15.1. The number of piperazine rings is 1. The minimum absolute atomic E-state index is 0.0314. The van der Waals surface area contributed by atoms with Gasteiger partial charge in [0.1, 0.15) is 5.82 Å². The normalized spacial score (nSPS) is 13.7. The third-order valence-electron chi connectivity index (χ3n) is 5.01. The third-order valence-corrected chi connectivity index (χ3v) is 5.01. The van der Waals surface area contributed by atoms with Crippen molar-refractivity contribution in [1.82, 2.24) is 20.1 Å². The fourth-order valence-electron chi connectivity index (χ4n) is 3.35. The van der Waals surface area contributed by atoms with Crippen molar-refractivity contribution in [2.75, 3.05) is 36.4 Å². The fraction of sp³-hybridized carbons (Fsp3) is 0.238. The Balaban J connectivity index is 1.34. The molecule has 0 unspecified atom stereocenters. The average molecular weight is 419 g/mol. The van der Waals surface area contributed by atoms with E-state index in [0.717, 1.165) is 11.5 Å².